The van der Waals surface area contributed by atoms with E-state index < -0.39 is 57.9 Å². The molecule has 0 bridgehead atoms. The SMILES string of the molecule is CN(C)CCCNC(=O)c1cc(NC(=O)c2cc(NC(=O)CCNC(=O)c3cc(C(=O)NCCC(=O)Nc4cc(C(=O)Nc5cc(C(=O)NCCCN(C)C)n(C)c5)n(C)c4)cc(N4C(=O)c5cccc6cc([N+](=O)[O-])cc(c56)C4=O)c3)cn2C)cn1C.Cl.Cl. The van der Waals surface area contributed by atoms with Crippen LogP contribution < -0.4 is 47.4 Å². The van der Waals surface area contributed by atoms with Crippen LogP contribution in [0.15, 0.2) is 97.6 Å². The molecule has 28 nitrogen and oxygen atoms in total. The Morgan fingerprint density at radius 2 is 0.867 bits per heavy atom. The summed E-state index contributed by atoms with van der Waals surface area (Å²) in [4.78, 5) is 151. The van der Waals surface area contributed by atoms with Crippen LogP contribution in [0.1, 0.15) is 109 Å². The van der Waals surface area contributed by atoms with E-state index in [1.807, 2.05) is 38.0 Å². The number of nitro groups is 1. The number of imide groups is 1. The number of non-ortho nitro benzene ring substituents is 1. The zero-order valence-electron chi connectivity index (χ0n) is 50.6. The zero-order chi connectivity index (χ0) is 63.7. The summed E-state index contributed by atoms with van der Waals surface area (Å²) < 4.78 is 6.17. The molecule has 0 radical (unpaired) electrons. The van der Waals surface area contributed by atoms with Gasteiger partial charge in [-0.1, -0.05) is 12.1 Å². The fraction of sp³-hybridized carbons (Fsp3) is 0.300. The van der Waals surface area contributed by atoms with Crippen LogP contribution in [0.25, 0.3) is 10.8 Å². The van der Waals surface area contributed by atoms with Gasteiger partial charge in [0.15, 0.2) is 0 Å². The molecule has 0 unspecified atom stereocenters. The molecular weight excluding hydrogens is 1210 g/mol. The second-order valence-electron chi connectivity index (χ2n) is 21.6. The van der Waals surface area contributed by atoms with Gasteiger partial charge in [0, 0.05) is 126 Å². The fourth-order valence-electron chi connectivity index (χ4n) is 9.87. The first-order chi connectivity index (χ1) is 41.8. The smallest absolute Gasteiger partial charge is 0.272 e. The minimum absolute atomic E-state index is 0. The Balaban J connectivity index is 0.00000645. The molecule has 10 amide bonds. The lowest BCUT2D eigenvalue weighted by Crippen LogP contribution is -2.41. The van der Waals surface area contributed by atoms with Crippen molar-refractivity contribution in [3.05, 3.63) is 153 Å². The van der Waals surface area contributed by atoms with Crippen LogP contribution >= 0.6 is 24.8 Å². The van der Waals surface area contributed by atoms with E-state index in [2.05, 4.69) is 42.5 Å². The van der Waals surface area contributed by atoms with Crippen molar-refractivity contribution in [3.8, 4) is 0 Å². The van der Waals surface area contributed by atoms with Gasteiger partial charge < -0.3 is 70.6 Å². The average molecular weight is 1280 g/mol. The third kappa shape index (κ3) is 16.7. The molecule has 3 aromatic carbocycles. The van der Waals surface area contributed by atoms with E-state index in [0.717, 1.165) is 32.0 Å². The van der Waals surface area contributed by atoms with Gasteiger partial charge in [-0.05, 0) is 108 Å². The molecule has 0 atom stereocenters. The minimum atomic E-state index is -0.974. The Morgan fingerprint density at radius 3 is 1.28 bits per heavy atom. The van der Waals surface area contributed by atoms with Crippen LogP contribution in [-0.4, -0.2) is 160 Å². The number of aryl methyl sites for hydroxylation is 4. The normalized spacial score (nSPS) is 11.6. The molecule has 4 aromatic heterocycles. The topological polar surface area (TPSA) is 340 Å². The lowest BCUT2D eigenvalue weighted by atomic mass is 9.92. The van der Waals surface area contributed by atoms with Crippen LogP contribution in [0.4, 0.5) is 34.1 Å². The molecule has 0 saturated carbocycles. The van der Waals surface area contributed by atoms with E-state index in [0.29, 0.717) is 40.8 Å². The summed E-state index contributed by atoms with van der Waals surface area (Å²) in [5.41, 5.74) is 1.00. The molecule has 30 heteroatoms. The van der Waals surface area contributed by atoms with Gasteiger partial charge in [0.2, 0.25) is 11.8 Å². The Morgan fingerprint density at radius 1 is 0.478 bits per heavy atom. The Bertz CT molecular complexity index is 3770. The molecule has 8 rings (SSSR count). The van der Waals surface area contributed by atoms with Gasteiger partial charge in [0.1, 0.15) is 22.8 Å². The standard InChI is InChI=1S/C60H68N16O12.2ClH/c1-69(2)20-10-16-61-55(81)46-28-40(33-71(46)5)67-57(83)48-26-38(31-73(48)7)65-50(77)14-18-63-53(79)36-22-37(25-42(24-36)75-59(85)44-13-9-12-35-23-43(76(87)88)30-45(52(35)44)60(75)86)54(80)64-19-15-51(78)66-39-27-49(74(8)32-39)58(84)68-41-29-47(72(6)34-41)56(82)62-17-11-21-70(3)4;;/h9,12-13,22-34H,10-11,14-21H2,1-8H3,(H,61,81)(H,62,82)(H,63,79)(H,64,80)(H,65,77)(H,66,78)(H,67,83)(H,68,84);2*1H. The highest BCUT2D eigenvalue weighted by atomic mass is 35.5. The fourth-order valence-corrected chi connectivity index (χ4v) is 9.87. The summed E-state index contributed by atoms with van der Waals surface area (Å²) in [6.45, 7) is 2.03. The molecular formula is C60H70Cl2N16O12. The van der Waals surface area contributed by atoms with Crippen molar-refractivity contribution in [1.82, 2.24) is 49.3 Å². The number of carbonyl (C=O) groups excluding carboxylic acids is 10. The highest BCUT2D eigenvalue weighted by Crippen LogP contribution is 2.36. The summed E-state index contributed by atoms with van der Waals surface area (Å²) in [5.74, 6) is -6.24. The van der Waals surface area contributed by atoms with Crippen molar-refractivity contribution >= 4 is 129 Å². The van der Waals surface area contributed by atoms with Crippen LogP contribution in [0, 0.1) is 10.1 Å². The van der Waals surface area contributed by atoms with E-state index in [4.69, 9.17) is 0 Å². The van der Waals surface area contributed by atoms with Crippen molar-refractivity contribution in [2.75, 3.05) is 93.6 Å². The van der Waals surface area contributed by atoms with Crippen molar-refractivity contribution in [3.63, 3.8) is 0 Å². The highest BCUT2D eigenvalue weighted by Gasteiger charge is 2.36. The third-order valence-electron chi connectivity index (χ3n) is 14.2. The van der Waals surface area contributed by atoms with E-state index in [1.165, 1.54) is 76.1 Å². The molecule has 1 aliphatic rings. The maximum Gasteiger partial charge on any atom is 0.272 e. The van der Waals surface area contributed by atoms with Crippen molar-refractivity contribution < 1.29 is 52.9 Å². The van der Waals surface area contributed by atoms with Gasteiger partial charge in [0.25, 0.3) is 52.9 Å². The van der Waals surface area contributed by atoms with Crippen LogP contribution in [0.5, 0.6) is 0 Å². The second kappa shape index (κ2) is 30.2. The van der Waals surface area contributed by atoms with E-state index in [9.17, 15) is 58.1 Å². The number of halogens is 2. The van der Waals surface area contributed by atoms with Gasteiger partial charge in [-0.2, -0.15) is 0 Å². The first-order valence-corrected chi connectivity index (χ1v) is 27.9. The van der Waals surface area contributed by atoms with Gasteiger partial charge in [-0.15, -0.1) is 24.8 Å². The molecule has 0 fully saturated rings. The summed E-state index contributed by atoms with van der Waals surface area (Å²) in [6, 6.07) is 16.2. The summed E-state index contributed by atoms with van der Waals surface area (Å²) in [6.07, 6.45) is 7.17. The second-order valence-corrected chi connectivity index (χ2v) is 21.6. The number of carbonyl (C=O) groups is 10. The predicted octanol–water partition coefficient (Wildman–Crippen LogP) is 5.13. The molecule has 0 spiro atoms. The van der Waals surface area contributed by atoms with Crippen molar-refractivity contribution in [2.24, 2.45) is 28.2 Å². The van der Waals surface area contributed by atoms with Gasteiger partial charge in [-0.3, -0.25) is 58.1 Å². The minimum Gasteiger partial charge on any atom is -0.352 e. The maximum absolute atomic E-state index is 14.3. The van der Waals surface area contributed by atoms with Crippen LogP contribution in [0.3, 0.4) is 0 Å². The number of anilines is 5. The number of nitrogens with zero attached hydrogens (tertiary/aromatic N) is 8. The van der Waals surface area contributed by atoms with Crippen molar-refractivity contribution in [1.29, 1.82) is 0 Å². The monoisotopic (exact) mass is 1280 g/mol. The number of nitro benzene ring substituents is 1. The first kappa shape index (κ1) is 68.9. The number of benzene rings is 3. The number of amides is 10. The highest BCUT2D eigenvalue weighted by molar-refractivity contribution is 6.36. The maximum atomic E-state index is 14.3. The summed E-state index contributed by atoms with van der Waals surface area (Å²) in [7, 11) is 14.3. The lowest BCUT2D eigenvalue weighted by molar-refractivity contribution is -0.384. The molecule has 8 N–H and O–H groups in total. The molecule has 476 valence electrons. The number of hydrogen-bond acceptors (Lipinski definition) is 14. The summed E-state index contributed by atoms with van der Waals surface area (Å²) >= 11 is 0. The quantitative estimate of drug-likeness (QED) is 0.0151. The number of nitrogens with one attached hydrogen (secondary N) is 8. The van der Waals surface area contributed by atoms with E-state index >= 15 is 0 Å². The molecule has 0 saturated heterocycles. The summed E-state index contributed by atoms with van der Waals surface area (Å²) in [5, 5.41) is 34.3. The van der Waals surface area contributed by atoms with Crippen LogP contribution in [-0.2, 0) is 37.8 Å². The first-order valence-electron chi connectivity index (χ1n) is 27.9. The van der Waals surface area contributed by atoms with E-state index in [1.54, 1.807) is 61.9 Å². The number of aromatic nitrogens is 4. The van der Waals surface area contributed by atoms with E-state index in [-0.39, 0.29) is 124 Å². The number of hydrogen-bond donors (Lipinski definition) is 8. The largest absolute Gasteiger partial charge is 0.352 e. The molecule has 1 aliphatic heterocycles. The lowest BCUT2D eigenvalue weighted by Gasteiger charge is -2.27. The Labute approximate surface area is 529 Å². The zero-order valence-corrected chi connectivity index (χ0v) is 52.2. The van der Waals surface area contributed by atoms with Crippen molar-refractivity contribution in [2.45, 2.75) is 25.7 Å². The number of rotatable bonds is 26. The Hall–Kier alpha value is -10.2. The molecule has 5 heterocycles. The third-order valence-corrected chi connectivity index (χ3v) is 14.2. The average Bonchev–Trinajstić information content (AvgIpc) is 1.55. The molecule has 7 aromatic rings. The van der Waals surface area contributed by atoms with Gasteiger partial charge >= 0.3 is 0 Å². The van der Waals surface area contributed by atoms with Gasteiger partial charge in [-0.25, -0.2) is 4.90 Å². The molecule has 0 aliphatic carbocycles. The molecule has 90 heavy (non-hydrogen) atoms. The predicted molar refractivity (Wildman–Crippen MR) is 342 cm³/mol. The van der Waals surface area contributed by atoms with Crippen LogP contribution in [0.2, 0.25) is 0 Å². The van der Waals surface area contributed by atoms with Gasteiger partial charge in [0.05, 0.1) is 38.9 Å². The Kier molecular flexibility index (Phi) is 23.1.